The van der Waals surface area contributed by atoms with E-state index in [4.69, 9.17) is 21.1 Å². The summed E-state index contributed by atoms with van der Waals surface area (Å²) in [6.07, 6.45) is 3.97. The average Bonchev–Trinajstić information content (AvgIpc) is 2.57. The molecular formula is C14H28ClNO2. The van der Waals surface area contributed by atoms with Crippen molar-refractivity contribution in [2.24, 2.45) is 0 Å². The van der Waals surface area contributed by atoms with E-state index in [1.54, 1.807) is 0 Å². The molecule has 4 heteroatoms. The predicted molar refractivity (Wildman–Crippen MR) is 76.2 cm³/mol. The molecule has 1 atom stereocenters. The zero-order valence-corrected chi connectivity index (χ0v) is 13.0. The second kappa shape index (κ2) is 7.68. The molecule has 1 heterocycles. The molecule has 1 aliphatic heterocycles. The molecule has 0 N–H and O–H groups in total. The van der Waals surface area contributed by atoms with E-state index in [0.29, 0.717) is 6.61 Å². The average molecular weight is 278 g/mol. The first-order valence-corrected chi connectivity index (χ1v) is 7.59. The molecule has 0 aromatic rings. The van der Waals surface area contributed by atoms with Gasteiger partial charge in [-0.3, -0.25) is 4.90 Å². The van der Waals surface area contributed by atoms with Crippen LogP contribution in [0.4, 0.5) is 0 Å². The Morgan fingerprint density at radius 3 is 2.67 bits per heavy atom. The quantitative estimate of drug-likeness (QED) is 0.502. The molecule has 0 aliphatic carbocycles. The highest BCUT2D eigenvalue weighted by Crippen LogP contribution is 2.27. The van der Waals surface area contributed by atoms with Gasteiger partial charge in [-0.1, -0.05) is 6.42 Å². The first kappa shape index (κ1) is 16.2. The van der Waals surface area contributed by atoms with Crippen molar-refractivity contribution >= 4 is 11.6 Å². The summed E-state index contributed by atoms with van der Waals surface area (Å²) in [4.78, 5) is 2.41. The minimum atomic E-state index is -0.161. The highest BCUT2D eigenvalue weighted by Gasteiger charge is 2.38. The van der Waals surface area contributed by atoms with Crippen molar-refractivity contribution in [1.29, 1.82) is 0 Å². The second-order valence-corrected chi connectivity index (χ2v) is 6.14. The van der Waals surface area contributed by atoms with Gasteiger partial charge in [0.05, 0.1) is 18.8 Å². The van der Waals surface area contributed by atoms with E-state index in [-0.39, 0.29) is 17.9 Å². The largest absolute Gasteiger partial charge is 0.376 e. The van der Waals surface area contributed by atoms with Gasteiger partial charge in [-0.15, -0.1) is 11.6 Å². The zero-order chi connectivity index (χ0) is 13.6. The van der Waals surface area contributed by atoms with E-state index in [0.717, 1.165) is 25.4 Å². The van der Waals surface area contributed by atoms with Gasteiger partial charge < -0.3 is 9.47 Å². The molecular weight excluding hydrogens is 250 g/mol. The molecule has 108 valence electrons. The van der Waals surface area contributed by atoms with Crippen LogP contribution in [0.1, 0.15) is 47.0 Å². The van der Waals surface area contributed by atoms with E-state index in [1.807, 2.05) is 0 Å². The van der Waals surface area contributed by atoms with Gasteiger partial charge in [0.1, 0.15) is 5.72 Å². The maximum Gasteiger partial charge on any atom is 0.116 e. The molecule has 1 unspecified atom stereocenters. The molecule has 0 aromatic heterocycles. The van der Waals surface area contributed by atoms with Gasteiger partial charge in [0.25, 0.3) is 0 Å². The maximum absolute atomic E-state index is 6.04. The van der Waals surface area contributed by atoms with Crippen molar-refractivity contribution in [1.82, 2.24) is 4.90 Å². The molecule has 0 spiro atoms. The molecule has 1 saturated heterocycles. The molecule has 1 aliphatic rings. The molecule has 18 heavy (non-hydrogen) atoms. The molecule has 1 rings (SSSR count). The molecule has 1 fully saturated rings. The number of nitrogens with zero attached hydrogens (tertiary/aromatic N) is 1. The summed E-state index contributed by atoms with van der Waals surface area (Å²) in [6, 6.07) is 0. The van der Waals surface area contributed by atoms with Crippen LogP contribution in [0.5, 0.6) is 0 Å². The molecule has 0 aromatic carbocycles. The fourth-order valence-electron chi connectivity index (χ4n) is 2.31. The van der Waals surface area contributed by atoms with Gasteiger partial charge >= 0.3 is 0 Å². The van der Waals surface area contributed by atoms with Gasteiger partial charge in [0.15, 0.2) is 0 Å². The number of rotatable bonds is 8. The smallest absolute Gasteiger partial charge is 0.116 e. The Kier molecular flexibility index (Phi) is 6.93. The van der Waals surface area contributed by atoms with Crippen LogP contribution < -0.4 is 0 Å². The lowest BCUT2D eigenvalue weighted by Crippen LogP contribution is -2.39. The van der Waals surface area contributed by atoms with Gasteiger partial charge in [-0.05, 0) is 40.5 Å². The van der Waals surface area contributed by atoms with Crippen molar-refractivity contribution in [3.05, 3.63) is 0 Å². The van der Waals surface area contributed by atoms with Crippen molar-refractivity contribution in [3.8, 4) is 0 Å². The minimum absolute atomic E-state index is 0.161. The molecule has 3 nitrogen and oxygen atoms in total. The standard InChI is InChI=1S/C14H28ClNO2/c1-12(2)17-11-13-10-16(14(3,4)18-13)9-7-5-6-8-15/h12-13H,5-11H2,1-4H3. The number of alkyl halides is 1. The van der Waals surface area contributed by atoms with Gasteiger partial charge in [-0.25, -0.2) is 0 Å². The Morgan fingerprint density at radius 1 is 1.33 bits per heavy atom. The third-order valence-electron chi connectivity index (χ3n) is 3.32. The second-order valence-electron chi connectivity index (χ2n) is 5.76. The van der Waals surface area contributed by atoms with Crippen LogP contribution in [-0.2, 0) is 9.47 Å². The number of hydrogen-bond donors (Lipinski definition) is 0. The lowest BCUT2D eigenvalue weighted by Gasteiger charge is -2.29. The fraction of sp³-hybridized carbons (Fsp3) is 1.00. The Morgan fingerprint density at radius 2 is 2.06 bits per heavy atom. The van der Waals surface area contributed by atoms with E-state index >= 15 is 0 Å². The number of hydrogen-bond acceptors (Lipinski definition) is 3. The summed E-state index contributed by atoms with van der Waals surface area (Å²) in [6.45, 7) is 11.2. The van der Waals surface area contributed by atoms with E-state index < -0.39 is 0 Å². The summed E-state index contributed by atoms with van der Waals surface area (Å²) in [5, 5.41) is 0. The zero-order valence-electron chi connectivity index (χ0n) is 12.2. The van der Waals surface area contributed by atoms with Crippen LogP contribution in [0.25, 0.3) is 0 Å². The Bertz CT molecular complexity index is 234. The van der Waals surface area contributed by atoms with Crippen molar-refractivity contribution in [3.63, 3.8) is 0 Å². The SMILES string of the molecule is CC(C)OCC1CN(CCCCCCl)C(C)(C)O1. The van der Waals surface area contributed by atoms with Gasteiger partial charge in [0, 0.05) is 19.0 Å². The third-order valence-corrected chi connectivity index (χ3v) is 3.59. The monoisotopic (exact) mass is 277 g/mol. The van der Waals surface area contributed by atoms with Crippen LogP contribution in [0.2, 0.25) is 0 Å². The summed E-state index contributed by atoms with van der Waals surface area (Å²) < 4.78 is 11.7. The van der Waals surface area contributed by atoms with E-state index in [2.05, 4.69) is 32.6 Å². The van der Waals surface area contributed by atoms with Crippen molar-refractivity contribution in [2.75, 3.05) is 25.6 Å². The first-order chi connectivity index (χ1) is 8.45. The van der Waals surface area contributed by atoms with E-state index in [9.17, 15) is 0 Å². The molecule has 0 amide bonds. The van der Waals surface area contributed by atoms with Gasteiger partial charge in [-0.2, -0.15) is 0 Å². The lowest BCUT2D eigenvalue weighted by molar-refractivity contribution is -0.0976. The lowest BCUT2D eigenvalue weighted by atomic mass is 10.2. The Balaban J connectivity index is 2.30. The van der Waals surface area contributed by atoms with Crippen LogP contribution in [0.3, 0.4) is 0 Å². The summed E-state index contributed by atoms with van der Waals surface area (Å²) in [5.41, 5.74) is -0.161. The topological polar surface area (TPSA) is 21.7 Å². The van der Waals surface area contributed by atoms with E-state index in [1.165, 1.54) is 12.8 Å². The number of unbranched alkanes of at least 4 members (excludes halogenated alkanes) is 2. The molecule has 0 saturated carbocycles. The number of halogens is 1. The van der Waals surface area contributed by atoms with Crippen LogP contribution in [0, 0.1) is 0 Å². The Hall–Kier alpha value is 0.170. The predicted octanol–water partition coefficient (Wildman–Crippen LogP) is 3.26. The normalized spacial score (nSPS) is 24.0. The van der Waals surface area contributed by atoms with Crippen LogP contribution in [0.15, 0.2) is 0 Å². The molecule has 0 radical (unpaired) electrons. The summed E-state index contributed by atoms with van der Waals surface area (Å²) in [5.74, 6) is 0.769. The third kappa shape index (κ3) is 5.43. The highest BCUT2D eigenvalue weighted by molar-refractivity contribution is 6.17. The Labute approximate surface area is 117 Å². The number of ether oxygens (including phenoxy) is 2. The van der Waals surface area contributed by atoms with Crippen molar-refractivity contribution in [2.45, 2.75) is 64.9 Å². The van der Waals surface area contributed by atoms with Gasteiger partial charge in [0.2, 0.25) is 0 Å². The van der Waals surface area contributed by atoms with Crippen LogP contribution >= 0.6 is 11.6 Å². The first-order valence-electron chi connectivity index (χ1n) is 7.06. The summed E-state index contributed by atoms with van der Waals surface area (Å²) >= 11 is 5.69. The highest BCUT2D eigenvalue weighted by atomic mass is 35.5. The van der Waals surface area contributed by atoms with Crippen molar-refractivity contribution < 1.29 is 9.47 Å². The van der Waals surface area contributed by atoms with Crippen LogP contribution in [-0.4, -0.2) is 48.4 Å². The molecule has 0 bridgehead atoms. The maximum atomic E-state index is 6.04. The minimum Gasteiger partial charge on any atom is -0.376 e. The summed E-state index contributed by atoms with van der Waals surface area (Å²) in [7, 11) is 0. The fourth-order valence-corrected chi connectivity index (χ4v) is 2.50.